The average Bonchev–Trinajstić information content (AvgIpc) is 0.544. The summed E-state index contributed by atoms with van der Waals surface area (Å²) in [5, 5.41) is 0. The van der Waals surface area contributed by atoms with E-state index in [1.165, 1.54) is 19.7 Å². The SMILES string of the molecule is [NH2][Os]([NH2])([NH2])([NH2])([NH2])([NH2])[I]. The molecule has 0 rings (SSSR count). The van der Waals surface area contributed by atoms with Gasteiger partial charge in [0.1, 0.15) is 0 Å². The van der Waals surface area contributed by atoms with Gasteiger partial charge in [0.25, 0.3) is 0 Å². The van der Waals surface area contributed by atoms with Gasteiger partial charge < -0.3 is 0 Å². The second-order valence-corrected chi connectivity index (χ2v) is 39.9. The Morgan fingerprint density at radius 3 is 0.750 bits per heavy atom. The molecule has 0 saturated heterocycles. The number of halogens is 1. The van der Waals surface area contributed by atoms with Crippen molar-refractivity contribution in [1.82, 2.24) is 0 Å². The van der Waals surface area contributed by atoms with Crippen molar-refractivity contribution < 1.29 is 9.35 Å². The Labute approximate surface area is 55.5 Å². The zero-order valence-electron chi connectivity index (χ0n) is 4.20. The number of hydrogen-bond donors (Lipinski definition) is 6. The Morgan fingerprint density at radius 2 is 0.750 bits per heavy atom. The standard InChI is InChI=1S/HI.6H2N.Os/h1H;6*1H2;/q;6*-1;+7/p-1. The van der Waals surface area contributed by atoms with Crippen molar-refractivity contribution in [2.24, 2.45) is 26.6 Å². The molecule has 0 bridgehead atoms. The van der Waals surface area contributed by atoms with Crippen molar-refractivity contribution in [3.8, 4) is 0 Å². The van der Waals surface area contributed by atoms with Crippen molar-refractivity contribution in [1.29, 1.82) is 0 Å². The third-order valence-electron chi connectivity index (χ3n) is 0. The van der Waals surface area contributed by atoms with E-state index in [4.69, 9.17) is 26.6 Å². The van der Waals surface area contributed by atoms with Crippen LogP contribution < -0.4 is 26.6 Å². The van der Waals surface area contributed by atoms with Gasteiger partial charge in [-0.15, -0.1) is 0 Å². The second-order valence-electron chi connectivity index (χ2n) is 2.23. The molecule has 0 unspecified atom stereocenters. The van der Waals surface area contributed by atoms with E-state index in [9.17, 15) is 0 Å². The molecule has 0 aliphatic rings. The summed E-state index contributed by atoms with van der Waals surface area (Å²) in [6.07, 6.45) is 0. The van der Waals surface area contributed by atoms with Crippen molar-refractivity contribution in [2.75, 3.05) is 0 Å². The average molecular weight is 413 g/mol. The van der Waals surface area contributed by atoms with Gasteiger partial charge in [0.05, 0.1) is 0 Å². The molecule has 0 aromatic carbocycles. The molecule has 0 radical (unpaired) electrons. The molecule has 8 heavy (non-hydrogen) atoms. The maximum atomic E-state index is 5.14. The fourth-order valence-corrected chi connectivity index (χ4v) is 0. The third kappa shape index (κ3) is 211. The molecule has 0 spiro atoms. The number of nitrogens with two attached hydrogens (primary N) is 6. The molecule has 0 amide bonds. The maximum absolute atomic E-state index is 5.79. The fourth-order valence-electron chi connectivity index (χ4n) is 0. The zero-order chi connectivity index (χ0) is 7.38. The Hall–Kier alpha value is 1.13. The molecule has 0 atom stereocenters. The second kappa shape index (κ2) is 0.843. The van der Waals surface area contributed by atoms with Crippen LogP contribution in [-0.2, 0) is 9.35 Å². The topological polar surface area (TPSA) is 156 Å². The fraction of sp³-hybridized carbons (Fsp3) is 0. The van der Waals surface area contributed by atoms with Gasteiger partial charge >= 0.3 is 55.7 Å². The molecular formula is H12IN6Os. The van der Waals surface area contributed by atoms with Crippen LogP contribution in [0.3, 0.4) is 0 Å². The summed E-state index contributed by atoms with van der Waals surface area (Å²) >= 11 is 1.33. The first-order valence-electron chi connectivity index (χ1n) is 1.36. The van der Waals surface area contributed by atoms with Crippen LogP contribution >= 0.6 is 19.7 Å². The van der Waals surface area contributed by atoms with E-state index in [0.29, 0.717) is 0 Å². The zero-order valence-corrected chi connectivity index (χ0v) is 8.89. The normalized spacial score (nSPS) is 27.1. The van der Waals surface area contributed by atoms with E-state index in [1.54, 1.807) is 0 Å². The van der Waals surface area contributed by atoms with Gasteiger partial charge in [0.15, 0.2) is 0 Å². The van der Waals surface area contributed by atoms with E-state index in [1.807, 2.05) is 0 Å². The molecule has 0 aliphatic heterocycles. The predicted molar refractivity (Wildman–Crippen MR) is 39.1 cm³/mol. The first-order valence-corrected chi connectivity index (χ1v) is 17.4. The minimum absolute atomic E-state index is 1.33. The number of hydrogen-bond acceptors (Lipinski definition) is 6. The molecule has 0 fully saturated rings. The van der Waals surface area contributed by atoms with E-state index in [2.05, 4.69) is 0 Å². The quantitative estimate of drug-likeness (QED) is 0.238. The van der Waals surface area contributed by atoms with Crippen LogP contribution in [0, 0.1) is 0 Å². The minimum atomic E-state index is -5.79. The summed E-state index contributed by atoms with van der Waals surface area (Å²) in [5.74, 6) is 0. The van der Waals surface area contributed by atoms with Gasteiger partial charge in [-0.3, -0.25) is 0 Å². The van der Waals surface area contributed by atoms with Gasteiger partial charge in [-0.25, -0.2) is 0 Å². The third-order valence-corrected chi connectivity index (χ3v) is 0. The van der Waals surface area contributed by atoms with Crippen molar-refractivity contribution in [3.05, 3.63) is 0 Å². The summed E-state index contributed by atoms with van der Waals surface area (Å²) < 4.78 is 30.8. The van der Waals surface area contributed by atoms with Crippen LogP contribution in [0.4, 0.5) is 0 Å². The Balaban J connectivity index is 5.14. The van der Waals surface area contributed by atoms with Crippen LogP contribution in [0.5, 0.6) is 0 Å². The molecule has 8 heteroatoms. The predicted octanol–water partition coefficient (Wildman–Crippen LogP) is -2.66. The monoisotopic (exact) mass is 415 g/mol. The summed E-state index contributed by atoms with van der Waals surface area (Å²) in [4.78, 5) is 0. The Kier molecular flexibility index (Phi) is 0.962. The first-order chi connectivity index (χ1) is 2.65. The molecule has 0 heterocycles. The van der Waals surface area contributed by atoms with Crippen LogP contribution in [0.2, 0.25) is 0 Å². The van der Waals surface area contributed by atoms with E-state index < -0.39 is 9.35 Å². The van der Waals surface area contributed by atoms with Crippen LogP contribution in [-0.4, -0.2) is 0 Å². The van der Waals surface area contributed by atoms with Gasteiger partial charge in [-0.05, 0) is 0 Å². The van der Waals surface area contributed by atoms with E-state index in [-0.39, 0.29) is 0 Å². The van der Waals surface area contributed by atoms with Crippen molar-refractivity contribution in [2.45, 2.75) is 0 Å². The Bertz CT molecular complexity index is 101. The summed E-state index contributed by atoms with van der Waals surface area (Å²) in [7, 11) is -5.79. The van der Waals surface area contributed by atoms with E-state index >= 15 is 0 Å². The van der Waals surface area contributed by atoms with Crippen LogP contribution in [0.15, 0.2) is 0 Å². The number of rotatable bonds is 0. The molecular weight excluding hydrogens is 401 g/mol. The van der Waals surface area contributed by atoms with E-state index in [0.717, 1.165) is 0 Å². The molecule has 0 aromatic rings. The van der Waals surface area contributed by atoms with Gasteiger partial charge in [-0.1, -0.05) is 0 Å². The summed E-state index contributed by atoms with van der Waals surface area (Å²) in [6, 6.07) is 0. The molecule has 0 aromatic heterocycles. The summed E-state index contributed by atoms with van der Waals surface area (Å²) in [5.41, 5.74) is 0. The molecule has 57 valence electrons. The molecule has 12 N–H and O–H groups in total. The van der Waals surface area contributed by atoms with Crippen molar-refractivity contribution in [3.63, 3.8) is 0 Å². The molecule has 0 saturated carbocycles. The van der Waals surface area contributed by atoms with Crippen LogP contribution in [0.25, 0.3) is 0 Å². The van der Waals surface area contributed by atoms with Gasteiger partial charge in [0.2, 0.25) is 0 Å². The molecule has 0 aliphatic carbocycles. The van der Waals surface area contributed by atoms with Crippen molar-refractivity contribution >= 4 is 19.7 Å². The van der Waals surface area contributed by atoms with Gasteiger partial charge in [-0.2, -0.15) is 0 Å². The van der Waals surface area contributed by atoms with Gasteiger partial charge in [0, 0.05) is 0 Å². The van der Waals surface area contributed by atoms with Crippen LogP contribution in [0.1, 0.15) is 0 Å². The molecule has 6 nitrogen and oxygen atoms in total. The Morgan fingerprint density at radius 1 is 0.750 bits per heavy atom. The first kappa shape index (κ1) is 9.13. The summed E-state index contributed by atoms with van der Waals surface area (Å²) in [6.45, 7) is 0.